The zero-order chi connectivity index (χ0) is 19.2. The van der Waals surface area contributed by atoms with Gasteiger partial charge in [0.2, 0.25) is 5.91 Å². The lowest BCUT2D eigenvalue weighted by molar-refractivity contribution is -0.115. The minimum atomic E-state index is -0.290. The molecule has 1 atom stereocenters. The Bertz CT molecular complexity index is 896. The van der Waals surface area contributed by atoms with Crippen LogP contribution in [0.5, 0.6) is 0 Å². The van der Waals surface area contributed by atoms with E-state index in [-0.39, 0.29) is 17.2 Å². The first-order valence-corrected chi connectivity index (χ1v) is 10.4. The lowest BCUT2D eigenvalue weighted by Gasteiger charge is -2.15. The smallest absolute Gasteiger partial charge is 0.237 e. The molecule has 2 aromatic carbocycles. The van der Waals surface area contributed by atoms with Gasteiger partial charge in [0, 0.05) is 15.8 Å². The summed E-state index contributed by atoms with van der Waals surface area (Å²) in [7, 11) is 0. The number of rotatable bonds is 7. The number of para-hydroxylation sites is 1. The molecule has 0 saturated carbocycles. The fraction of sp³-hybridized carbons (Fsp3) is 0.250. The summed E-state index contributed by atoms with van der Waals surface area (Å²) in [5.41, 5.74) is 0.814. The summed E-state index contributed by atoms with van der Waals surface area (Å²) in [5, 5.41) is 11.6. The molecule has 27 heavy (non-hydrogen) atoms. The molecule has 5 nitrogen and oxygen atoms in total. The van der Waals surface area contributed by atoms with Gasteiger partial charge < -0.3 is 9.88 Å². The molecule has 7 heteroatoms. The predicted molar refractivity (Wildman–Crippen MR) is 111 cm³/mol. The van der Waals surface area contributed by atoms with Crippen molar-refractivity contribution in [1.82, 2.24) is 14.8 Å². The maximum absolute atomic E-state index is 12.7. The van der Waals surface area contributed by atoms with E-state index >= 15 is 0 Å². The Morgan fingerprint density at radius 2 is 1.74 bits per heavy atom. The number of aromatic nitrogens is 3. The Hall–Kier alpha value is -2.25. The SMILES string of the molecule is CC(C)n1cnnc1S[C@H](C)C(=O)Nc1ccccc1Sc1ccccc1. The van der Waals surface area contributed by atoms with Crippen molar-refractivity contribution in [2.45, 2.75) is 47.0 Å². The van der Waals surface area contributed by atoms with Gasteiger partial charge in [-0.2, -0.15) is 0 Å². The van der Waals surface area contributed by atoms with E-state index in [9.17, 15) is 4.79 Å². The van der Waals surface area contributed by atoms with Gasteiger partial charge in [-0.3, -0.25) is 4.79 Å². The van der Waals surface area contributed by atoms with Crippen molar-refractivity contribution in [1.29, 1.82) is 0 Å². The van der Waals surface area contributed by atoms with Crippen LogP contribution < -0.4 is 5.32 Å². The molecule has 140 valence electrons. The molecule has 1 amide bonds. The minimum absolute atomic E-state index is 0.0561. The monoisotopic (exact) mass is 398 g/mol. The molecule has 1 heterocycles. The third-order valence-electron chi connectivity index (χ3n) is 3.86. The average Bonchev–Trinajstić information content (AvgIpc) is 3.12. The van der Waals surface area contributed by atoms with Crippen LogP contribution in [-0.4, -0.2) is 25.9 Å². The summed E-state index contributed by atoms with van der Waals surface area (Å²) in [6, 6.07) is 18.2. The number of carbonyl (C=O) groups excluding carboxylic acids is 1. The molecule has 0 aliphatic rings. The number of amides is 1. The summed E-state index contributed by atoms with van der Waals surface area (Å²) in [6.07, 6.45) is 1.70. The van der Waals surface area contributed by atoms with Gasteiger partial charge in [-0.15, -0.1) is 10.2 Å². The minimum Gasteiger partial charge on any atom is -0.324 e. The molecule has 0 bridgehead atoms. The number of hydrogen-bond donors (Lipinski definition) is 1. The highest BCUT2D eigenvalue weighted by atomic mass is 32.2. The highest BCUT2D eigenvalue weighted by Gasteiger charge is 2.19. The van der Waals surface area contributed by atoms with Crippen molar-refractivity contribution in [2.24, 2.45) is 0 Å². The van der Waals surface area contributed by atoms with Crippen LogP contribution >= 0.6 is 23.5 Å². The van der Waals surface area contributed by atoms with Crippen LogP contribution in [-0.2, 0) is 4.79 Å². The van der Waals surface area contributed by atoms with E-state index in [1.165, 1.54) is 11.8 Å². The average molecular weight is 399 g/mol. The fourth-order valence-corrected chi connectivity index (χ4v) is 4.27. The van der Waals surface area contributed by atoms with E-state index in [4.69, 9.17) is 0 Å². The molecule has 3 aromatic rings. The van der Waals surface area contributed by atoms with E-state index in [2.05, 4.69) is 41.5 Å². The van der Waals surface area contributed by atoms with Gasteiger partial charge in [-0.25, -0.2) is 0 Å². The molecule has 0 aliphatic heterocycles. The van der Waals surface area contributed by atoms with Crippen LogP contribution in [0.25, 0.3) is 0 Å². The maximum atomic E-state index is 12.7. The van der Waals surface area contributed by atoms with Crippen molar-refractivity contribution in [2.75, 3.05) is 5.32 Å². The normalized spacial score (nSPS) is 12.1. The molecule has 0 unspecified atom stereocenters. The zero-order valence-corrected chi connectivity index (χ0v) is 17.1. The molecule has 0 saturated heterocycles. The maximum Gasteiger partial charge on any atom is 0.237 e. The van der Waals surface area contributed by atoms with Crippen LogP contribution in [0.3, 0.4) is 0 Å². The van der Waals surface area contributed by atoms with Gasteiger partial charge >= 0.3 is 0 Å². The van der Waals surface area contributed by atoms with E-state index in [1.807, 2.05) is 54.0 Å². The number of nitrogens with one attached hydrogen (secondary N) is 1. The standard InChI is InChI=1S/C20H22N4OS2/c1-14(2)24-13-21-23-20(24)26-15(3)19(25)22-17-11-7-8-12-18(17)27-16-9-5-4-6-10-16/h4-15H,1-3H3,(H,22,25)/t15-/m1/s1. The van der Waals surface area contributed by atoms with E-state index in [0.717, 1.165) is 20.6 Å². The molecular weight excluding hydrogens is 376 g/mol. The van der Waals surface area contributed by atoms with Crippen molar-refractivity contribution in [3.8, 4) is 0 Å². The topological polar surface area (TPSA) is 59.8 Å². The first-order chi connectivity index (χ1) is 13.0. The van der Waals surface area contributed by atoms with Crippen molar-refractivity contribution in [3.63, 3.8) is 0 Å². The molecule has 3 rings (SSSR count). The lowest BCUT2D eigenvalue weighted by Crippen LogP contribution is -2.23. The van der Waals surface area contributed by atoms with Gasteiger partial charge in [-0.1, -0.05) is 53.9 Å². The third-order valence-corrected chi connectivity index (χ3v) is 6.02. The molecule has 0 fully saturated rings. The fourth-order valence-electron chi connectivity index (χ4n) is 2.39. The molecule has 1 N–H and O–H groups in total. The van der Waals surface area contributed by atoms with Gasteiger partial charge in [0.1, 0.15) is 6.33 Å². The number of benzene rings is 2. The Kier molecular flexibility index (Phi) is 6.58. The summed E-state index contributed by atoms with van der Waals surface area (Å²) in [5.74, 6) is -0.0561. The largest absolute Gasteiger partial charge is 0.324 e. The molecule has 0 spiro atoms. The number of carbonyl (C=O) groups is 1. The van der Waals surface area contributed by atoms with Crippen LogP contribution in [0.1, 0.15) is 26.8 Å². The Labute approximate surface area is 168 Å². The second kappa shape index (κ2) is 9.10. The van der Waals surface area contributed by atoms with E-state index in [1.54, 1.807) is 18.1 Å². The van der Waals surface area contributed by atoms with E-state index in [0.29, 0.717) is 0 Å². The second-order valence-corrected chi connectivity index (χ2v) is 8.70. The van der Waals surface area contributed by atoms with Crippen LogP contribution in [0.4, 0.5) is 5.69 Å². The highest BCUT2D eigenvalue weighted by Crippen LogP contribution is 2.33. The predicted octanol–water partition coefficient (Wildman–Crippen LogP) is 5.13. The first-order valence-electron chi connectivity index (χ1n) is 8.73. The summed E-state index contributed by atoms with van der Waals surface area (Å²) in [4.78, 5) is 14.9. The summed E-state index contributed by atoms with van der Waals surface area (Å²) < 4.78 is 1.97. The lowest BCUT2D eigenvalue weighted by atomic mass is 10.3. The van der Waals surface area contributed by atoms with E-state index < -0.39 is 0 Å². The molecule has 1 aromatic heterocycles. The van der Waals surface area contributed by atoms with Crippen LogP contribution in [0.15, 0.2) is 75.9 Å². The van der Waals surface area contributed by atoms with Crippen molar-refractivity contribution in [3.05, 3.63) is 60.9 Å². The number of nitrogens with zero attached hydrogens (tertiary/aromatic N) is 3. The number of hydrogen-bond acceptors (Lipinski definition) is 5. The molecular formula is C20H22N4OS2. The van der Waals surface area contributed by atoms with Crippen LogP contribution in [0.2, 0.25) is 0 Å². The van der Waals surface area contributed by atoms with Gasteiger partial charge in [-0.05, 0) is 45.0 Å². The molecule has 0 aliphatic carbocycles. The quantitative estimate of drug-likeness (QED) is 0.559. The molecule has 0 radical (unpaired) electrons. The Balaban J connectivity index is 1.69. The Morgan fingerprint density at radius 3 is 2.48 bits per heavy atom. The van der Waals surface area contributed by atoms with Crippen molar-refractivity contribution < 1.29 is 4.79 Å². The summed E-state index contributed by atoms with van der Waals surface area (Å²) >= 11 is 3.04. The van der Waals surface area contributed by atoms with Crippen molar-refractivity contribution >= 4 is 35.1 Å². The second-order valence-electron chi connectivity index (χ2n) is 6.28. The zero-order valence-electron chi connectivity index (χ0n) is 15.5. The van der Waals surface area contributed by atoms with Gasteiger partial charge in [0.25, 0.3) is 0 Å². The number of anilines is 1. The van der Waals surface area contributed by atoms with Gasteiger partial charge in [0.15, 0.2) is 5.16 Å². The van der Waals surface area contributed by atoms with Gasteiger partial charge in [0.05, 0.1) is 10.9 Å². The summed E-state index contributed by atoms with van der Waals surface area (Å²) in [6.45, 7) is 6.01. The first kappa shape index (κ1) is 19.5. The highest BCUT2D eigenvalue weighted by molar-refractivity contribution is 8.00. The van der Waals surface area contributed by atoms with Crippen LogP contribution in [0, 0.1) is 0 Å². The third kappa shape index (κ3) is 5.14. The Morgan fingerprint density at radius 1 is 1.04 bits per heavy atom. The number of thioether (sulfide) groups is 1.